The van der Waals surface area contributed by atoms with Gasteiger partial charge in [0.2, 0.25) is 0 Å². The molecule has 0 aliphatic carbocycles. The Labute approximate surface area is 98.1 Å². The van der Waals surface area contributed by atoms with Crippen LogP contribution in [0.4, 0.5) is 0 Å². The van der Waals surface area contributed by atoms with Crippen LogP contribution < -0.4 is 10.2 Å². The van der Waals surface area contributed by atoms with Gasteiger partial charge in [-0.3, -0.25) is 0 Å². The van der Waals surface area contributed by atoms with Crippen LogP contribution >= 0.6 is 25.3 Å². The van der Waals surface area contributed by atoms with Crippen LogP contribution in [0.25, 0.3) is 0 Å². The van der Waals surface area contributed by atoms with E-state index in [2.05, 4.69) is 25.3 Å². The van der Waals surface area contributed by atoms with E-state index in [1.807, 2.05) is 0 Å². The third-order valence-corrected chi connectivity index (χ3v) is 1.08. The molecule has 0 saturated carbocycles. The van der Waals surface area contributed by atoms with Crippen LogP contribution in [-0.2, 0) is 26.4 Å². The zero-order valence-corrected chi connectivity index (χ0v) is 9.52. The van der Waals surface area contributed by atoms with Gasteiger partial charge in [-0.2, -0.15) is 25.3 Å². The zero-order chi connectivity index (χ0) is 9.98. The molecule has 0 spiro atoms. The fourth-order valence-corrected chi connectivity index (χ4v) is 0.548. The van der Waals surface area contributed by atoms with E-state index in [1.165, 1.54) is 0 Å². The van der Waals surface area contributed by atoms with E-state index < -0.39 is 11.9 Å². The molecule has 0 atom stereocenters. The van der Waals surface area contributed by atoms with E-state index in [0.29, 0.717) is 11.5 Å². The van der Waals surface area contributed by atoms with E-state index in [4.69, 9.17) is 0 Å². The first kappa shape index (κ1) is 18.8. The number of hydrogen-bond donors (Lipinski definition) is 2. The second-order valence-corrected chi connectivity index (χ2v) is 2.59. The molecule has 4 nitrogen and oxygen atoms in total. The molecule has 0 unspecified atom stereocenters. The van der Waals surface area contributed by atoms with E-state index in [-0.39, 0.29) is 29.6 Å². The van der Waals surface area contributed by atoms with Gasteiger partial charge in [-0.25, -0.2) is 0 Å². The molecule has 0 rings (SSSR count). The minimum Gasteiger partial charge on any atom is -0.550 e. The van der Waals surface area contributed by atoms with E-state index in [9.17, 15) is 19.8 Å². The molecular weight excluding hydrogens is 259 g/mol. The third kappa shape index (κ3) is 33.1. The van der Waals surface area contributed by atoms with Gasteiger partial charge in [-0.05, 0) is 24.3 Å². The summed E-state index contributed by atoms with van der Waals surface area (Å²) < 4.78 is 0. The molecule has 79 valence electrons. The molecule has 0 fully saturated rings. The van der Waals surface area contributed by atoms with Gasteiger partial charge in [0.15, 0.2) is 0 Å². The minimum atomic E-state index is -1.04. The Kier molecular flexibility index (Phi) is 21.2. The molecule has 0 N–H and O–H groups in total. The van der Waals surface area contributed by atoms with Gasteiger partial charge in [-0.1, -0.05) is 0 Å². The van der Waals surface area contributed by atoms with Gasteiger partial charge in [0.05, 0.1) is 0 Å². The summed E-state index contributed by atoms with van der Waals surface area (Å²) >= 11 is 7.28. The van der Waals surface area contributed by atoms with Crippen molar-refractivity contribution in [3.63, 3.8) is 0 Å². The van der Waals surface area contributed by atoms with E-state index in [1.54, 1.807) is 0 Å². The molecule has 0 aromatic carbocycles. The summed E-state index contributed by atoms with van der Waals surface area (Å²) in [7, 11) is 0. The van der Waals surface area contributed by atoms with Gasteiger partial charge in [0.1, 0.15) is 0 Å². The maximum atomic E-state index is 9.44. The molecular formula is C6H10CoO4S2. The van der Waals surface area contributed by atoms with E-state index in [0.717, 1.165) is 0 Å². The normalized spacial score (nSPS) is 7.54. The van der Waals surface area contributed by atoms with Crippen molar-refractivity contribution in [2.45, 2.75) is 12.8 Å². The molecule has 0 aromatic heterocycles. The maximum Gasteiger partial charge on any atom is 2.00 e. The smallest absolute Gasteiger partial charge is 0.550 e. The molecule has 7 heteroatoms. The number of carboxylic acid groups (broad SMARTS) is 2. The Morgan fingerprint density at radius 3 is 1.15 bits per heavy atom. The predicted octanol–water partition coefficient (Wildman–Crippen LogP) is -1.89. The topological polar surface area (TPSA) is 80.3 Å². The van der Waals surface area contributed by atoms with Crippen LogP contribution in [-0.4, -0.2) is 23.4 Å². The van der Waals surface area contributed by atoms with Crippen molar-refractivity contribution >= 4 is 37.2 Å². The second-order valence-electron chi connectivity index (χ2n) is 1.69. The van der Waals surface area contributed by atoms with Crippen LogP contribution in [0.1, 0.15) is 12.8 Å². The number of carbonyl (C=O) groups excluding carboxylic acids is 2. The molecule has 0 aliphatic rings. The molecule has 0 aromatic rings. The van der Waals surface area contributed by atoms with Crippen molar-refractivity contribution in [1.82, 2.24) is 0 Å². The van der Waals surface area contributed by atoms with Gasteiger partial charge >= 0.3 is 16.8 Å². The molecule has 13 heavy (non-hydrogen) atoms. The number of rotatable bonds is 4. The largest absolute Gasteiger partial charge is 2.00 e. The van der Waals surface area contributed by atoms with Gasteiger partial charge in [0.25, 0.3) is 0 Å². The first-order chi connectivity index (χ1) is 5.54. The molecule has 1 radical (unpaired) electrons. The quantitative estimate of drug-likeness (QED) is 0.585. The molecule has 0 aliphatic heterocycles. The van der Waals surface area contributed by atoms with Crippen molar-refractivity contribution in [2.24, 2.45) is 0 Å². The van der Waals surface area contributed by atoms with E-state index >= 15 is 0 Å². The van der Waals surface area contributed by atoms with Gasteiger partial charge in [0, 0.05) is 11.9 Å². The predicted molar refractivity (Wildman–Crippen MR) is 47.0 cm³/mol. The summed E-state index contributed by atoms with van der Waals surface area (Å²) in [6.07, 6.45) is 0.0895. The Hall–Kier alpha value is 0.146. The molecule has 0 saturated heterocycles. The standard InChI is InChI=1S/2C3H6O2S.Co/c2*4-3(5)1-2-6;/h2*6H,1-2H2,(H,4,5);/q;;+2/p-2. The number of carbonyl (C=O) groups is 2. The Balaban J connectivity index is -0.000000143. The molecule has 0 amide bonds. The van der Waals surface area contributed by atoms with Gasteiger partial charge < -0.3 is 19.8 Å². The average Bonchev–Trinajstić information content (AvgIpc) is 1.87. The fraction of sp³-hybridized carbons (Fsp3) is 0.667. The number of carboxylic acids is 2. The van der Waals surface area contributed by atoms with Crippen molar-refractivity contribution < 1.29 is 36.6 Å². The van der Waals surface area contributed by atoms with Crippen molar-refractivity contribution in [1.29, 1.82) is 0 Å². The minimum absolute atomic E-state index is 0. The summed E-state index contributed by atoms with van der Waals surface area (Å²) in [5.74, 6) is -1.35. The third-order valence-electron chi connectivity index (χ3n) is 0.632. The Bertz CT molecular complexity index is 127. The van der Waals surface area contributed by atoms with Crippen LogP contribution in [0.2, 0.25) is 0 Å². The summed E-state index contributed by atoms with van der Waals surface area (Å²) in [6, 6.07) is 0. The Morgan fingerprint density at radius 1 is 0.923 bits per heavy atom. The molecule has 0 bridgehead atoms. The number of aliphatic carboxylic acids is 2. The number of thiol groups is 2. The molecule has 0 heterocycles. The van der Waals surface area contributed by atoms with Crippen molar-refractivity contribution in [3.8, 4) is 0 Å². The average molecular weight is 269 g/mol. The van der Waals surface area contributed by atoms with Crippen LogP contribution in [0.15, 0.2) is 0 Å². The van der Waals surface area contributed by atoms with Crippen molar-refractivity contribution in [2.75, 3.05) is 11.5 Å². The zero-order valence-electron chi connectivity index (χ0n) is 6.69. The fourth-order valence-electron chi connectivity index (χ4n) is 0.183. The summed E-state index contributed by atoms with van der Waals surface area (Å²) in [6.45, 7) is 0. The summed E-state index contributed by atoms with van der Waals surface area (Å²) in [5.41, 5.74) is 0. The van der Waals surface area contributed by atoms with Crippen LogP contribution in [0.3, 0.4) is 0 Å². The van der Waals surface area contributed by atoms with Crippen molar-refractivity contribution in [3.05, 3.63) is 0 Å². The summed E-state index contributed by atoms with van der Waals surface area (Å²) in [5, 5.41) is 18.9. The van der Waals surface area contributed by atoms with Crippen LogP contribution in [0, 0.1) is 0 Å². The summed E-state index contributed by atoms with van der Waals surface area (Å²) in [4.78, 5) is 18.9. The SMILES string of the molecule is O=C([O-])CCS.O=C([O-])CCS.[Co+2]. The second kappa shape index (κ2) is 14.7. The monoisotopic (exact) mass is 269 g/mol. The first-order valence-electron chi connectivity index (χ1n) is 3.16. The first-order valence-corrected chi connectivity index (χ1v) is 4.42. The van der Waals surface area contributed by atoms with Gasteiger partial charge in [-0.15, -0.1) is 0 Å². The number of hydrogen-bond acceptors (Lipinski definition) is 6. The maximum absolute atomic E-state index is 9.44. The van der Waals surface area contributed by atoms with Crippen LogP contribution in [0.5, 0.6) is 0 Å². The Morgan fingerprint density at radius 2 is 1.15 bits per heavy atom.